The lowest BCUT2D eigenvalue weighted by molar-refractivity contribution is -0.135. The molecule has 0 saturated heterocycles. The predicted molar refractivity (Wildman–Crippen MR) is 101 cm³/mol. The molecule has 0 saturated carbocycles. The SMILES string of the molecule is CNC(=O)c1ccc(CN(C)C(=O)C(C)(C)c2ccccc2C)cc1. The summed E-state index contributed by atoms with van der Waals surface area (Å²) in [5, 5.41) is 2.60. The Morgan fingerprint density at radius 2 is 1.64 bits per heavy atom. The lowest BCUT2D eigenvalue weighted by atomic mass is 9.81. The topological polar surface area (TPSA) is 49.4 Å². The third-order valence-corrected chi connectivity index (χ3v) is 4.56. The van der Waals surface area contributed by atoms with Gasteiger partial charge in [-0.3, -0.25) is 9.59 Å². The fourth-order valence-corrected chi connectivity index (χ4v) is 3.12. The maximum Gasteiger partial charge on any atom is 0.251 e. The number of carbonyl (C=O) groups is 2. The van der Waals surface area contributed by atoms with Gasteiger partial charge < -0.3 is 10.2 Å². The van der Waals surface area contributed by atoms with Crippen molar-refractivity contribution in [2.45, 2.75) is 32.7 Å². The fourth-order valence-electron chi connectivity index (χ4n) is 3.12. The average Bonchev–Trinajstić information content (AvgIpc) is 2.61. The van der Waals surface area contributed by atoms with Crippen molar-refractivity contribution >= 4 is 11.8 Å². The first-order valence-electron chi connectivity index (χ1n) is 8.40. The summed E-state index contributed by atoms with van der Waals surface area (Å²) in [6.07, 6.45) is 0. The van der Waals surface area contributed by atoms with Crippen molar-refractivity contribution in [1.82, 2.24) is 10.2 Å². The summed E-state index contributed by atoms with van der Waals surface area (Å²) in [6, 6.07) is 15.3. The van der Waals surface area contributed by atoms with Gasteiger partial charge in [-0.05, 0) is 49.6 Å². The molecule has 1 N–H and O–H groups in total. The second-order valence-corrected chi connectivity index (χ2v) is 6.88. The molecule has 2 aromatic carbocycles. The van der Waals surface area contributed by atoms with E-state index in [1.165, 1.54) is 0 Å². The van der Waals surface area contributed by atoms with Crippen molar-refractivity contribution in [3.05, 3.63) is 70.8 Å². The van der Waals surface area contributed by atoms with Gasteiger partial charge in [-0.1, -0.05) is 36.4 Å². The van der Waals surface area contributed by atoms with Gasteiger partial charge in [0.15, 0.2) is 0 Å². The normalized spacial score (nSPS) is 11.1. The summed E-state index contributed by atoms with van der Waals surface area (Å²) in [5.41, 5.74) is 3.16. The highest BCUT2D eigenvalue weighted by molar-refractivity contribution is 5.94. The molecule has 0 radical (unpaired) electrons. The summed E-state index contributed by atoms with van der Waals surface area (Å²) in [4.78, 5) is 26.3. The number of likely N-dealkylation sites (N-methyl/N-ethyl adjacent to an activating group) is 1. The second kappa shape index (κ2) is 7.51. The van der Waals surface area contributed by atoms with Gasteiger partial charge in [0.05, 0.1) is 5.41 Å². The largest absolute Gasteiger partial charge is 0.355 e. The number of nitrogens with one attached hydrogen (secondary N) is 1. The van der Waals surface area contributed by atoms with Crippen LogP contribution in [-0.2, 0) is 16.8 Å². The number of benzene rings is 2. The highest BCUT2D eigenvalue weighted by Crippen LogP contribution is 2.28. The Labute approximate surface area is 149 Å². The highest BCUT2D eigenvalue weighted by atomic mass is 16.2. The Hall–Kier alpha value is -2.62. The van der Waals surface area contributed by atoms with Crippen LogP contribution in [0, 0.1) is 6.92 Å². The van der Waals surface area contributed by atoms with E-state index in [9.17, 15) is 9.59 Å². The van der Waals surface area contributed by atoms with Crippen LogP contribution < -0.4 is 5.32 Å². The standard InChI is InChI=1S/C21H26N2O2/c1-15-8-6-7-9-18(15)21(2,3)20(25)23(5)14-16-10-12-17(13-11-16)19(24)22-4/h6-13H,14H2,1-5H3,(H,22,24). The van der Waals surface area contributed by atoms with Crippen LogP contribution in [-0.4, -0.2) is 30.8 Å². The third-order valence-electron chi connectivity index (χ3n) is 4.56. The lowest BCUT2D eigenvalue weighted by Crippen LogP contribution is -2.41. The van der Waals surface area contributed by atoms with E-state index in [1.54, 1.807) is 24.1 Å². The molecule has 0 aliphatic carbocycles. The molecule has 25 heavy (non-hydrogen) atoms. The Bertz CT molecular complexity index is 764. The van der Waals surface area contributed by atoms with Gasteiger partial charge >= 0.3 is 0 Å². The molecule has 2 rings (SSSR count). The minimum Gasteiger partial charge on any atom is -0.355 e. The number of rotatable bonds is 5. The van der Waals surface area contributed by atoms with Crippen LogP contribution in [0.3, 0.4) is 0 Å². The third kappa shape index (κ3) is 4.08. The molecule has 2 aromatic rings. The Balaban J connectivity index is 2.14. The highest BCUT2D eigenvalue weighted by Gasteiger charge is 2.33. The van der Waals surface area contributed by atoms with Gasteiger partial charge in [-0.2, -0.15) is 0 Å². The van der Waals surface area contributed by atoms with Gasteiger partial charge in [-0.15, -0.1) is 0 Å². The zero-order valence-electron chi connectivity index (χ0n) is 15.6. The van der Waals surface area contributed by atoms with E-state index in [-0.39, 0.29) is 11.8 Å². The zero-order chi connectivity index (χ0) is 18.6. The molecule has 0 fully saturated rings. The summed E-state index contributed by atoms with van der Waals surface area (Å²) in [5.74, 6) is -0.0474. The van der Waals surface area contributed by atoms with Crippen molar-refractivity contribution in [3.63, 3.8) is 0 Å². The van der Waals surface area contributed by atoms with Gasteiger partial charge in [0.2, 0.25) is 5.91 Å². The minimum absolute atomic E-state index is 0.0668. The average molecular weight is 338 g/mol. The lowest BCUT2D eigenvalue weighted by Gasteiger charge is -2.31. The summed E-state index contributed by atoms with van der Waals surface area (Å²) in [7, 11) is 3.42. The van der Waals surface area contributed by atoms with Gasteiger partial charge in [0, 0.05) is 26.2 Å². The molecule has 0 heterocycles. The van der Waals surface area contributed by atoms with Crippen molar-refractivity contribution < 1.29 is 9.59 Å². The number of nitrogens with zero attached hydrogens (tertiary/aromatic N) is 1. The second-order valence-electron chi connectivity index (χ2n) is 6.88. The van der Waals surface area contributed by atoms with Crippen LogP contribution >= 0.6 is 0 Å². The molecule has 4 nitrogen and oxygen atoms in total. The maximum atomic E-state index is 13.0. The molecule has 4 heteroatoms. The maximum absolute atomic E-state index is 13.0. The van der Waals surface area contributed by atoms with Crippen LogP contribution in [0.5, 0.6) is 0 Å². The van der Waals surface area contributed by atoms with E-state index in [0.29, 0.717) is 12.1 Å². The Morgan fingerprint density at radius 3 is 2.20 bits per heavy atom. The number of aryl methyl sites for hydroxylation is 1. The van der Waals surface area contributed by atoms with E-state index in [0.717, 1.165) is 16.7 Å². The zero-order valence-corrected chi connectivity index (χ0v) is 15.6. The molecule has 0 aliphatic heterocycles. The van der Waals surface area contributed by atoms with E-state index in [2.05, 4.69) is 5.32 Å². The van der Waals surface area contributed by atoms with Gasteiger partial charge in [0.1, 0.15) is 0 Å². The van der Waals surface area contributed by atoms with E-state index in [4.69, 9.17) is 0 Å². The smallest absolute Gasteiger partial charge is 0.251 e. The van der Waals surface area contributed by atoms with Crippen molar-refractivity contribution in [3.8, 4) is 0 Å². The van der Waals surface area contributed by atoms with Crippen LogP contribution in [0.1, 0.15) is 40.9 Å². The number of hydrogen-bond donors (Lipinski definition) is 1. The monoisotopic (exact) mass is 338 g/mol. The molecule has 0 aliphatic rings. The predicted octanol–water partition coefficient (Wildman–Crippen LogP) is 3.29. The van der Waals surface area contributed by atoms with Crippen molar-refractivity contribution in [2.24, 2.45) is 0 Å². The Kier molecular flexibility index (Phi) is 5.62. The molecular weight excluding hydrogens is 312 g/mol. The van der Waals surface area contributed by atoms with Crippen molar-refractivity contribution in [1.29, 1.82) is 0 Å². The van der Waals surface area contributed by atoms with Gasteiger partial charge in [-0.25, -0.2) is 0 Å². The quantitative estimate of drug-likeness (QED) is 0.909. The summed E-state index contributed by atoms with van der Waals surface area (Å²) in [6.45, 7) is 6.45. The van der Waals surface area contributed by atoms with Crippen LogP contribution in [0.2, 0.25) is 0 Å². The summed E-state index contributed by atoms with van der Waals surface area (Å²) >= 11 is 0. The number of amides is 2. The van der Waals surface area contributed by atoms with E-state index >= 15 is 0 Å². The summed E-state index contributed by atoms with van der Waals surface area (Å²) < 4.78 is 0. The molecule has 2 amide bonds. The van der Waals surface area contributed by atoms with Crippen LogP contribution in [0.4, 0.5) is 0 Å². The first kappa shape index (κ1) is 18.7. The first-order chi connectivity index (χ1) is 11.8. The van der Waals surface area contributed by atoms with Crippen molar-refractivity contribution in [2.75, 3.05) is 14.1 Å². The number of hydrogen-bond acceptors (Lipinski definition) is 2. The first-order valence-corrected chi connectivity index (χ1v) is 8.40. The molecule has 0 unspecified atom stereocenters. The van der Waals surface area contributed by atoms with Gasteiger partial charge in [0.25, 0.3) is 5.91 Å². The molecular formula is C21H26N2O2. The van der Waals surface area contributed by atoms with E-state index in [1.807, 2.05) is 64.2 Å². The molecule has 0 atom stereocenters. The van der Waals surface area contributed by atoms with Crippen LogP contribution in [0.15, 0.2) is 48.5 Å². The minimum atomic E-state index is -0.595. The Morgan fingerprint density at radius 1 is 1.04 bits per heavy atom. The number of carbonyl (C=O) groups excluding carboxylic acids is 2. The molecule has 0 spiro atoms. The van der Waals surface area contributed by atoms with Crippen LogP contribution in [0.25, 0.3) is 0 Å². The van der Waals surface area contributed by atoms with E-state index < -0.39 is 5.41 Å². The molecule has 0 bridgehead atoms. The molecule has 132 valence electrons. The molecule has 0 aromatic heterocycles. The fraction of sp³-hybridized carbons (Fsp3) is 0.333.